The Bertz CT molecular complexity index is 420. The predicted molar refractivity (Wildman–Crippen MR) is 48.7 cm³/mol. The van der Waals surface area contributed by atoms with E-state index < -0.39 is 17.8 Å². The molecule has 1 aliphatic rings. The normalized spacial score (nSPS) is 15.9. The highest BCUT2D eigenvalue weighted by Crippen LogP contribution is 2.31. The van der Waals surface area contributed by atoms with Gasteiger partial charge in [-0.25, -0.2) is 10.2 Å². The molecule has 16 heavy (non-hydrogen) atoms. The summed E-state index contributed by atoms with van der Waals surface area (Å²) in [6.07, 6.45) is -4.41. The number of carbonyl (C=O) groups excluding carboxylic acids is 1. The SMILES string of the molecule is O=C1NNN(c2cccc(C(F)(F)F)c2)N1. The van der Waals surface area contributed by atoms with Gasteiger partial charge in [-0.1, -0.05) is 6.07 Å². The molecule has 1 heterocycles. The van der Waals surface area contributed by atoms with Crippen molar-refractivity contribution in [2.45, 2.75) is 6.18 Å². The number of amides is 2. The molecule has 0 aromatic heterocycles. The van der Waals surface area contributed by atoms with Crippen molar-refractivity contribution in [2.24, 2.45) is 0 Å². The lowest BCUT2D eigenvalue weighted by atomic mass is 10.2. The number of carbonyl (C=O) groups is 1. The Morgan fingerprint density at radius 1 is 1.25 bits per heavy atom. The van der Waals surface area contributed by atoms with Crippen molar-refractivity contribution in [3.05, 3.63) is 29.8 Å². The summed E-state index contributed by atoms with van der Waals surface area (Å²) in [5.41, 5.74) is 6.17. The number of halogens is 3. The highest BCUT2D eigenvalue weighted by Gasteiger charge is 2.31. The highest BCUT2D eigenvalue weighted by molar-refractivity contribution is 5.77. The van der Waals surface area contributed by atoms with Crippen LogP contribution in [0.3, 0.4) is 0 Å². The van der Waals surface area contributed by atoms with E-state index in [2.05, 4.69) is 16.4 Å². The van der Waals surface area contributed by atoms with Gasteiger partial charge in [0, 0.05) is 0 Å². The fourth-order valence-corrected chi connectivity index (χ4v) is 1.21. The highest BCUT2D eigenvalue weighted by atomic mass is 19.4. The van der Waals surface area contributed by atoms with Gasteiger partial charge in [0.25, 0.3) is 0 Å². The molecule has 1 saturated heterocycles. The van der Waals surface area contributed by atoms with Gasteiger partial charge in [0.05, 0.1) is 11.3 Å². The molecule has 1 aromatic rings. The topological polar surface area (TPSA) is 56.4 Å². The summed E-state index contributed by atoms with van der Waals surface area (Å²) in [5.74, 6) is 0. The first-order valence-electron chi connectivity index (χ1n) is 4.26. The lowest BCUT2D eigenvalue weighted by Gasteiger charge is -2.16. The molecule has 0 aliphatic carbocycles. The van der Waals surface area contributed by atoms with Crippen molar-refractivity contribution in [1.29, 1.82) is 0 Å². The van der Waals surface area contributed by atoms with E-state index in [1.165, 1.54) is 12.1 Å². The summed E-state index contributed by atoms with van der Waals surface area (Å²) in [6.45, 7) is 0. The van der Waals surface area contributed by atoms with Crippen molar-refractivity contribution in [3.8, 4) is 0 Å². The number of alkyl halides is 3. The fraction of sp³-hybridized carbons (Fsp3) is 0.125. The van der Waals surface area contributed by atoms with Crippen LogP contribution in [-0.2, 0) is 6.18 Å². The number of nitrogens with zero attached hydrogens (tertiary/aromatic N) is 1. The predicted octanol–water partition coefficient (Wildman–Crippen LogP) is 1.16. The molecule has 0 saturated carbocycles. The van der Waals surface area contributed by atoms with Crippen LogP contribution in [0, 0.1) is 0 Å². The number of hydrogen-bond donors (Lipinski definition) is 3. The third kappa shape index (κ3) is 2.01. The molecule has 2 amide bonds. The maximum atomic E-state index is 12.4. The molecular formula is C8H7F3N4O. The second-order valence-corrected chi connectivity index (χ2v) is 3.06. The van der Waals surface area contributed by atoms with E-state index in [0.29, 0.717) is 0 Å². The summed E-state index contributed by atoms with van der Waals surface area (Å²) in [7, 11) is 0. The summed E-state index contributed by atoms with van der Waals surface area (Å²) in [6, 6.07) is 4.01. The Labute approximate surface area is 88.1 Å². The molecular weight excluding hydrogens is 225 g/mol. The molecule has 1 aliphatic heterocycles. The Hall–Kier alpha value is -1.96. The quantitative estimate of drug-likeness (QED) is 0.681. The van der Waals surface area contributed by atoms with E-state index in [9.17, 15) is 18.0 Å². The van der Waals surface area contributed by atoms with E-state index in [1.807, 2.05) is 0 Å². The molecule has 2 rings (SSSR count). The van der Waals surface area contributed by atoms with E-state index in [0.717, 1.165) is 17.3 Å². The Morgan fingerprint density at radius 3 is 2.56 bits per heavy atom. The van der Waals surface area contributed by atoms with Gasteiger partial charge in [0.15, 0.2) is 0 Å². The minimum Gasteiger partial charge on any atom is -0.252 e. The molecule has 1 aromatic carbocycles. The first kappa shape index (κ1) is 10.6. The minimum absolute atomic E-state index is 0.174. The maximum absolute atomic E-state index is 12.4. The standard InChI is InChI=1S/C8H7F3N4O/c9-8(10,11)5-2-1-3-6(4-5)15-13-7(16)12-14-15/h1-4,14H,(H2,12,13,16). The van der Waals surface area contributed by atoms with E-state index in [-0.39, 0.29) is 5.69 Å². The van der Waals surface area contributed by atoms with Gasteiger partial charge in [0.2, 0.25) is 0 Å². The third-order valence-electron chi connectivity index (χ3n) is 1.93. The molecule has 1 fully saturated rings. The van der Waals surface area contributed by atoms with E-state index in [1.54, 1.807) is 0 Å². The maximum Gasteiger partial charge on any atom is 0.416 e. The van der Waals surface area contributed by atoms with Crippen LogP contribution < -0.4 is 21.5 Å². The van der Waals surface area contributed by atoms with Crippen LogP contribution in [-0.4, -0.2) is 6.03 Å². The average Bonchev–Trinajstić information content (AvgIpc) is 2.64. The number of hydrazine groups is 3. The van der Waals surface area contributed by atoms with Gasteiger partial charge >= 0.3 is 12.2 Å². The second kappa shape index (κ2) is 3.56. The van der Waals surface area contributed by atoms with Gasteiger partial charge < -0.3 is 0 Å². The lowest BCUT2D eigenvalue weighted by Crippen LogP contribution is -2.40. The molecule has 0 spiro atoms. The monoisotopic (exact) mass is 232 g/mol. The van der Waals surface area contributed by atoms with Crippen LogP contribution in [0.2, 0.25) is 0 Å². The van der Waals surface area contributed by atoms with Gasteiger partial charge in [-0.05, 0) is 18.2 Å². The van der Waals surface area contributed by atoms with Crippen molar-refractivity contribution in [2.75, 3.05) is 5.12 Å². The first-order chi connectivity index (χ1) is 7.47. The Morgan fingerprint density at radius 2 is 2.00 bits per heavy atom. The van der Waals surface area contributed by atoms with Crippen LogP contribution in [0.15, 0.2) is 24.3 Å². The molecule has 0 unspecified atom stereocenters. The summed E-state index contributed by atoms with van der Waals surface area (Å²) in [4.78, 5) is 10.8. The Balaban J connectivity index is 2.26. The average molecular weight is 232 g/mol. The van der Waals surface area contributed by atoms with Gasteiger partial charge in [0.1, 0.15) is 0 Å². The molecule has 8 heteroatoms. The number of urea groups is 1. The Kier molecular flexibility index (Phi) is 2.35. The van der Waals surface area contributed by atoms with Gasteiger partial charge in [-0.15, -0.1) is 5.53 Å². The van der Waals surface area contributed by atoms with Crippen LogP contribution in [0.1, 0.15) is 5.56 Å². The number of rotatable bonds is 1. The summed E-state index contributed by atoms with van der Waals surface area (Å²) >= 11 is 0. The van der Waals surface area contributed by atoms with Crippen molar-refractivity contribution in [3.63, 3.8) is 0 Å². The van der Waals surface area contributed by atoms with Crippen molar-refractivity contribution >= 4 is 11.7 Å². The number of hydrogen-bond acceptors (Lipinski definition) is 3. The lowest BCUT2D eigenvalue weighted by molar-refractivity contribution is -0.137. The molecule has 5 nitrogen and oxygen atoms in total. The van der Waals surface area contributed by atoms with Crippen molar-refractivity contribution in [1.82, 2.24) is 16.4 Å². The second-order valence-electron chi connectivity index (χ2n) is 3.06. The van der Waals surface area contributed by atoms with Gasteiger partial charge in [-0.2, -0.15) is 18.3 Å². The van der Waals surface area contributed by atoms with Crippen LogP contribution in [0.4, 0.5) is 23.7 Å². The third-order valence-corrected chi connectivity index (χ3v) is 1.93. The van der Waals surface area contributed by atoms with Gasteiger partial charge in [-0.3, -0.25) is 5.43 Å². The molecule has 0 bridgehead atoms. The first-order valence-corrected chi connectivity index (χ1v) is 4.26. The molecule has 0 atom stereocenters. The molecule has 3 N–H and O–H groups in total. The minimum atomic E-state index is -4.41. The van der Waals surface area contributed by atoms with Crippen molar-refractivity contribution < 1.29 is 18.0 Å². The zero-order valence-electron chi connectivity index (χ0n) is 7.80. The zero-order valence-corrected chi connectivity index (χ0v) is 7.80. The van der Waals surface area contributed by atoms with Crippen LogP contribution in [0.25, 0.3) is 0 Å². The fourth-order valence-electron chi connectivity index (χ4n) is 1.21. The molecule has 0 radical (unpaired) electrons. The summed E-state index contributed by atoms with van der Waals surface area (Å²) < 4.78 is 37.2. The molecule has 86 valence electrons. The van der Waals surface area contributed by atoms with E-state index >= 15 is 0 Å². The smallest absolute Gasteiger partial charge is 0.252 e. The largest absolute Gasteiger partial charge is 0.416 e. The summed E-state index contributed by atoms with van der Waals surface area (Å²) in [5, 5.41) is 1.05. The van der Waals surface area contributed by atoms with Crippen LogP contribution in [0.5, 0.6) is 0 Å². The number of anilines is 1. The van der Waals surface area contributed by atoms with E-state index in [4.69, 9.17) is 0 Å². The zero-order chi connectivity index (χ0) is 11.8. The number of benzene rings is 1. The van der Waals surface area contributed by atoms with Crippen LogP contribution >= 0.6 is 0 Å². The number of nitrogens with one attached hydrogen (secondary N) is 3.